The number of hydrogen-bond acceptors (Lipinski definition) is 3. The van der Waals surface area contributed by atoms with Crippen molar-refractivity contribution in [2.75, 3.05) is 37.4 Å². The maximum absolute atomic E-state index is 6.14. The van der Waals surface area contributed by atoms with Gasteiger partial charge in [-0.2, -0.15) is 0 Å². The summed E-state index contributed by atoms with van der Waals surface area (Å²) in [4.78, 5) is 2.40. The summed E-state index contributed by atoms with van der Waals surface area (Å²) in [7, 11) is 1.78. The smallest absolute Gasteiger partial charge is 0.0602 e. The van der Waals surface area contributed by atoms with E-state index in [4.69, 9.17) is 10.5 Å². The summed E-state index contributed by atoms with van der Waals surface area (Å²) in [5, 5.41) is 0. The molecule has 1 aromatic rings. The molecule has 0 aromatic heterocycles. The lowest BCUT2D eigenvalue weighted by atomic mass is 9.97. The van der Waals surface area contributed by atoms with E-state index in [1.54, 1.807) is 7.11 Å². The van der Waals surface area contributed by atoms with Crippen molar-refractivity contribution < 1.29 is 4.74 Å². The van der Waals surface area contributed by atoms with Crippen LogP contribution in [-0.4, -0.2) is 26.8 Å². The van der Waals surface area contributed by atoms with Gasteiger partial charge in [0.05, 0.1) is 11.4 Å². The zero-order valence-electron chi connectivity index (χ0n) is 10.8. The van der Waals surface area contributed by atoms with E-state index in [0.717, 1.165) is 25.4 Å². The quantitative estimate of drug-likeness (QED) is 0.816. The second-order valence-corrected chi connectivity index (χ2v) is 4.89. The van der Waals surface area contributed by atoms with Crippen LogP contribution in [0.1, 0.15) is 18.4 Å². The highest BCUT2D eigenvalue weighted by Gasteiger charge is 2.20. The van der Waals surface area contributed by atoms with E-state index < -0.39 is 0 Å². The molecule has 1 aliphatic heterocycles. The molecule has 0 atom stereocenters. The van der Waals surface area contributed by atoms with E-state index in [-0.39, 0.29) is 0 Å². The average Bonchev–Trinajstić information content (AvgIpc) is 2.34. The molecule has 1 fully saturated rings. The van der Waals surface area contributed by atoms with Gasteiger partial charge in [-0.1, -0.05) is 12.1 Å². The Labute approximate surface area is 104 Å². The highest BCUT2D eigenvalue weighted by Crippen LogP contribution is 2.29. The number of anilines is 2. The molecule has 0 unspecified atom stereocenters. The molecule has 0 spiro atoms. The van der Waals surface area contributed by atoms with E-state index in [9.17, 15) is 0 Å². The van der Waals surface area contributed by atoms with Gasteiger partial charge in [-0.25, -0.2) is 0 Å². The fourth-order valence-electron chi connectivity index (χ4n) is 2.52. The number of methoxy groups -OCH3 is 1. The van der Waals surface area contributed by atoms with E-state index in [1.807, 2.05) is 0 Å². The fourth-order valence-corrected chi connectivity index (χ4v) is 2.52. The first kappa shape index (κ1) is 12.2. The van der Waals surface area contributed by atoms with Gasteiger partial charge in [-0.3, -0.25) is 0 Å². The molecule has 1 saturated heterocycles. The fraction of sp³-hybridized carbons (Fsp3) is 0.571. The number of nitrogens with two attached hydrogens (primary N) is 1. The highest BCUT2D eigenvalue weighted by molar-refractivity contribution is 5.71. The molecule has 94 valence electrons. The van der Waals surface area contributed by atoms with E-state index in [2.05, 4.69) is 30.0 Å². The van der Waals surface area contributed by atoms with Gasteiger partial charge < -0.3 is 15.4 Å². The number of nitrogens with zero attached hydrogens (tertiary/aromatic N) is 1. The third kappa shape index (κ3) is 2.72. The summed E-state index contributed by atoms with van der Waals surface area (Å²) in [6, 6.07) is 6.28. The van der Waals surface area contributed by atoms with Gasteiger partial charge in [0.2, 0.25) is 0 Å². The molecule has 0 aliphatic carbocycles. The van der Waals surface area contributed by atoms with Gasteiger partial charge in [0.15, 0.2) is 0 Å². The molecule has 0 bridgehead atoms. The first-order chi connectivity index (χ1) is 8.22. The van der Waals surface area contributed by atoms with Crippen LogP contribution in [-0.2, 0) is 4.74 Å². The van der Waals surface area contributed by atoms with Gasteiger partial charge >= 0.3 is 0 Å². The van der Waals surface area contributed by atoms with Crippen LogP contribution in [0.15, 0.2) is 18.2 Å². The standard InChI is InChI=1S/C14H22N2O/c1-11-4-3-5-13(14(11)15)16-8-6-12(7-9-16)10-17-2/h3-5,12H,6-10,15H2,1-2H3. The predicted octanol–water partition coefficient (Wildman–Crippen LogP) is 2.44. The number of ether oxygens (including phenoxy) is 1. The maximum atomic E-state index is 6.14. The second kappa shape index (κ2) is 5.41. The summed E-state index contributed by atoms with van der Waals surface area (Å²) in [5.74, 6) is 0.710. The van der Waals surface area contributed by atoms with Crippen molar-refractivity contribution in [1.29, 1.82) is 0 Å². The Kier molecular flexibility index (Phi) is 3.89. The molecular formula is C14H22N2O. The lowest BCUT2D eigenvalue weighted by molar-refractivity contribution is 0.139. The first-order valence-corrected chi connectivity index (χ1v) is 6.31. The van der Waals surface area contributed by atoms with Crippen LogP contribution in [0.2, 0.25) is 0 Å². The molecule has 3 heteroatoms. The lowest BCUT2D eigenvalue weighted by Crippen LogP contribution is -2.35. The second-order valence-electron chi connectivity index (χ2n) is 4.89. The monoisotopic (exact) mass is 234 g/mol. The molecule has 17 heavy (non-hydrogen) atoms. The van der Waals surface area contributed by atoms with Crippen molar-refractivity contribution in [3.63, 3.8) is 0 Å². The van der Waals surface area contributed by atoms with Crippen LogP contribution in [0.3, 0.4) is 0 Å². The molecule has 2 rings (SSSR count). The third-order valence-corrected chi connectivity index (χ3v) is 3.66. The van der Waals surface area contributed by atoms with Gasteiger partial charge in [-0.15, -0.1) is 0 Å². The molecular weight excluding hydrogens is 212 g/mol. The normalized spacial score (nSPS) is 17.4. The van der Waals surface area contributed by atoms with Gasteiger partial charge in [-0.05, 0) is 37.3 Å². The molecule has 1 heterocycles. The molecule has 3 nitrogen and oxygen atoms in total. The van der Waals surface area contributed by atoms with Crippen molar-refractivity contribution in [2.45, 2.75) is 19.8 Å². The number of nitrogen functional groups attached to an aromatic ring is 1. The molecule has 2 N–H and O–H groups in total. The summed E-state index contributed by atoms with van der Waals surface area (Å²) in [5.41, 5.74) is 9.43. The SMILES string of the molecule is COCC1CCN(c2cccc(C)c2N)CC1. The van der Waals surface area contributed by atoms with Crippen LogP contribution >= 0.6 is 0 Å². The molecule has 0 amide bonds. The minimum absolute atomic E-state index is 0.710. The Balaban J connectivity index is 2.03. The summed E-state index contributed by atoms with van der Waals surface area (Å²) in [6.07, 6.45) is 2.39. The zero-order chi connectivity index (χ0) is 12.3. The van der Waals surface area contributed by atoms with Crippen LogP contribution < -0.4 is 10.6 Å². The number of benzene rings is 1. The number of aryl methyl sites for hydroxylation is 1. The van der Waals surface area contributed by atoms with Gasteiger partial charge in [0.1, 0.15) is 0 Å². The Morgan fingerprint density at radius 3 is 2.71 bits per heavy atom. The van der Waals surface area contributed by atoms with Crippen LogP contribution in [0, 0.1) is 12.8 Å². The first-order valence-electron chi connectivity index (χ1n) is 6.31. The van der Waals surface area contributed by atoms with Crippen molar-refractivity contribution in [3.8, 4) is 0 Å². The van der Waals surface area contributed by atoms with Gasteiger partial charge in [0.25, 0.3) is 0 Å². The van der Waals surface area contributed by atoms with Crippen molar-refractivity contribution >= 4 is 11.4 Å². The Hall–Kier alpha value is -1.22. The Bertz CT molecular complexity index is 370. The third-order valence-electron chi connectivity index (χ3n) is 3.66. The summed E-state index contributed by atoms with van der Waals surface area (Å²) < 4.78 is 5.22. The number of hydrogen-bond donors (Lipinski definition) is 1. The van der Waals surface area contributed by atoms with Crippen LogP contribution in [0.25, 0.3) is 0 Å². The van der Waals surface area contributed by atoms with Crippen LogP contribution in [0.4, 0.5) is 11.4 Å². The molecule has 1 aliphatic rings. The van der Waals surface area contributed by atoms with Crippen molar-refractivity contribution in [2.24, 2.45) is 5.92 Å². The highest BCUT2D eigenvalue weighted by atomic mass is 16.5. The van der Waals surface area contributed by atoms with E-state index >= 15 is 0 Å². The predicted molar refractivity (Wildman–Crippen MR) is 72.4 cm³/mol. The number of rotatable bonds is 3. The lowest BCUT2D eigenvalue weighted by Gasteiger charge is -2.34. The topological polar surface area (TPSA) is 38.5 Å². The summed E-state index contributed by atoms with van der Waals surface area (Å²) >= 11 is 0. The van der Waals surface area contributed by atoms with Crippen LogP contribution in [0.5, 0.6) is 0 Å². The molecule has 0 saturated carbocycles. The molecule has 1 aromatic carbocycles. The molecule has 0 radical (unpaired) electrons. The minimum atomic E-state index is 0.710. The zero-order valence-corrected chi connectivity index (χ0v) is 10.8. The Morgan fingerprint density at radius 2 is 2.06 bits per heavy atom. The average molecular weight is 234 g/mol. The van der Waals surface area contributed by atoms with Crippen molar-refractivity contribution in [3.05, 3.63) is 23.8 Å². The number of para-hydroxylation sites is 1. The minimum Gasteiger partial charge on any atom is -0.397 e. The summed E-state index contributed by atoms with van der Waals surface area (Å²) in [6.45, 7) is 5.12. The Morgan fingerprint density at radius 1 is 1.35 bits per heavy atom. The maximum Gasteiger partial charge on any atom is 0.0602 e. The van der Waals surface area contributed by atoms with Crippen molar-refractivity contribution in [1.82, 2.24) is 0 Å². The number of piperidine rings is 1. The van der Waals surface area contributed by atoms with Gasteiger partial charge in [0, 0.05) is 26.8 Å². The van der Waals surface area contributed by atoms with E-state index in [1.165, 1.54) is 24.1 Å². The largest absolute Gasteiger partial charge is 0.397 e. The van der Waals surface area contributed by atoms with E-state index in [0.29, 0.717) is 5.92 Å².